The number of hydrazone groups is 1. The van der Waals surface area contributed by atoms with Crippen molar-refractivity contribution in [2.75, 3.05) is 27.4 Å². The Morgan fingerprint density at radius 1 is 0.946 bits per heavy atom. The van der Waals surface area contributed by atoms with Crippen LogP contribution in [0.25, 0.3) is 0 Å². The molecule has 2 amide bonds. The molecule has 0 saturated carbocycles. The van der Waals surface area contributed by atoms with Crippen LogP contribution in [0.15, 0.2) is 70.2 Å². The monoisotopic (exact) mass is 569 g/mol. The van der Waals surface area contributed by atoms with E-state index in [0.29, 0.717) is 51.8 Å². The Labute approximate surface area is 223 Å². The van der Waals surface area contributed by atoms with E-state index in [1.54, 1.807) is 24.3 Å². The molecule has 0 unspecified atom stereocenters. The van der Waals surface area contributed by atoms with Crippen LogP contribution in [-0.4, -0.2) is 45.4 Å². The second-order valence-corrected chi connectivity index (χ2v) is 8.44. The average Bonchev–Trinajstić information content (AvgIpc) is 2.91. The number of carbonyl (C=O) groups excluding carboxylic acids is 2. The Bertz CT molecular complexity index is 1250. The van der Waals surface area contributed by atoms with E-state index in [2.05, 4.69) is 31.8 Å². The number of methoxy groups -OCH3 is 2. The first kappa shape index (κ1) is 27.5. The van der Waals surface area contributed by atoms with E-state index >= 15 is 0 Å². The first-order valence-electron chi connectivity index (χ1n) is 11.4. The lowest BCUT2D eigenvalue weighted by atomic mass is 10.2. The van der Waals surface area contributed by atoms with Crippen molar-refractivity contribution in [1.29, 1.82) is 0 Å². The fourth-order valence-corrected chi connectivity index (χ4v) is 3.83. The van der Waals surface area contributed by atoms with Crippen LogP contribution in [0.5, 0.6) is 23.0 Å². The number of nitrogens with zero attached hydrogens (tertiary/aromatic N) is 1. The number of nitrogens with one attached hydrogen (secondary N) is 2. The summed E-state index contributed by atoms with van der Waals surface area (Å²) in [4.78, 5) is 24.5. The van der Waals surface area contributed by atoms with Gasteiger partial charge in [0.1, 0.15) is 6.61 Å². The Morgan fingerprint density at radius 2 is 1.70 bits per heavy atom. The highest BCUT2D eigenvalue weighted by molar-refractivity contribution is 9.10. The summed E-state index contributed by atoms with van der Waals surface area (Å²) in [6.07, 6.45) is 1.47. The van der Waals surface area contributed by atoms with Crippen molar-refractivity contribution in [3.8, 4) is 23.0 Å². The zero-order valence-electron chi connectivity index (χ0n) is 20.7. The van der Waals surface area contributed by atoms with E-state index in [-0.39, 0.29) is 6.54 Å². The summed E-state index contributed by atoms with van der Waals surface area (Å²) in [5.74, 6) is 1.11. The van der Waals surface area contributed by atoms with E-state index < -0.39 is 11.8 Å². The van der Waals surface area contributed by atoms with E-state index in [4.69, 9.17) is 18.9 Å². The van der Waals surface area contributed by atoms with Gasteiger partial charge in [-0.2, -0.15) is 5.10 Å². The van der Waals surface area contributed by atoms with Gasteiger partial charge in [0, 0.05) is 5.56 Å². The standard InChI is InChI=1S/C27H28BrN3O6/c1-4-36-24-13-19(12-21(28)26(24)37-17-18-8-6-5-7-9-18)15-30-31-25(32)16-29-27(33)20-10-11-22(34-2)23(14-20)35-3/h5-15H,4,16-17H2,1-3H3,(H,29,33)(H,31,32)/b30-15+. The number of hydrogen-bond acceptors (Lipinski definition) is 7. The van der Waals surface area contributed by atoms with Crippen LogP contribution in [0.3, 0.4) is 0 Å². The van der Waals surface area contributed by atoms with E-state index in [1.165, 1.54) is 26.5 Å². The van der Waals surface area contributed by atoms with Crippen LogP contribution < -0.4 is 29.7 Å². The van der Waals surface area contributed by atoms with Crippen LogP contribution in [0.1, 0.15) is 28.4 Å². The topological polar surface area (TPSA) is 107 Å². The zero-order chi connectivity index (χ0) is 26.6. The summed E-state index contributed by atoms with van der Waals surface area (Å²) in [6.45, 7) is 2.46. The fraction of sp³-hybridized carbons (Fsp3) is 0.222. The molecule has 0 aliphatic rings. The van der Waals surface area contributed by atoms with E-state index in [9.17, 15) is 9.59 Å². The third-order valence-corrected chi connectivity index (χ3v) is 5.60. The zero-order valence-corrected chi connectivity index (χ0v) is 22.3. The fourth-order valence-electron chi connectivity index (χ4n) is 3.25. The molecular formula is C27H28BrN3O6. The van der Waals surface area contributed by atoms with Gasteiger partial charge in [0.15, 0.2) is 23.0 Å². The molecule has 0 fully saturated rings. The maximum atomic E-state index is 12.4. The van der Waals surface area contributed by atoms with Crippen molar-refractivity contribution < 1.29 is 28.5 Å². The first-order chi connectivity index (χ1) is 17.9. The SMILES string of the molecule is CCOc1cc(/C=N/NC(=O)CNC(=O)c2ccc(OC)c(OC)c2)cc(Br)c1OCc1ccccc1. The molecule has 0 radical (unpaired) electrons. The molecule has 3 rings (SSSR count). The number of carbonyl (C=O) groups is 2. The summed E-state index contributed by atoms with van der Waals surface area (Å²) in [5, 5.41) is 6.52. The van der Waals surface area contributed by atoms with Crippen molar-refractivity contribution in [2.24, 2.45) is 5.10 Å². The molecule has 3 aromatic carbocycles. The molecule has 9 nitrogen and oxygen atoms in total. The molecule has 0 aliphatic heterocycles. The van der Waals surface area contributed by atoms with Gasteiger partial charge in [-0.1, -0.05) is 30.3 Å². The Morgan fingerprint density at radius 3 is 2.41 bits per heavy atom. The van der Waals surface area contributed by atoms with Gasteiger partial charge >= 0.3 is 0 Å². The van der Waals surface area contributed by atoms with Crippen molar-refractivity contribution >= 4 is 34.0 Å². The number of ether oxygens (including phenoxy) is 4. The average molecular weight is 570 g/mol. The van der Waals surface area contributed by atoms with Crippen molar-refractivity contribution in [3.63, 3.8) is 0 Å². The first-order valence-corrected chi connectivity index (χ1v) is 12.2. The minimum Gasteiger partial charge on any atom is -0.493 e. The number of hydrogen-bond donors (Lipinski definition) is 2. The summed E-state index contributed by atoms with van der Waals surface area (Å²) < 4.78 is 22.8. The number of halogens is 1. The van der Waals surface area contributed by atoms with Gasteiger partial charge in [-0.05, 0) is 64.3 Å². The highest BCUT2D eigenvalue weighted by Crippen LogP contribution is 2.37. The van der Waals surface area contributed by atoms with Crippen LogP contribution >= 0.6 is 15.9 Å². The molecule has 0 aliphatic carbocycles. The quantitative estimate of drug-likeness (QED) is 0.248. The Hall–Kier alpha value is -4.05. The van der Waals surface area contributed by atoms with Crippen LogP contribution in [-0.2, 0) is 11.4 Å². The van der Waals surface area contributed by atoms with E-state index in [1.807, 2.05) is 37.3 Å². The molecule has 0 aromatic heterocycles. The molecule has 0 atom stereocenters. The van der Waals surface area contributed by atoms with Crippen molar-refractivity contribution in [1.82, 2.24) is 10.7 Å². The number of benzene rings is 3. The maximum Gasteiger partial charge on any atom is 0.259 e. The number of amides is 2. The third kappa shape index (κ3) is 7.97. The van der Waals surface area contributed by atoms with Gasteiger partial charge in [0.2, 0.25) is 0 Å². The van der Waals surface area contributed by atoms with Gasteiger partial charge in [-0.15, -0.1) is 0 Å². The van der Waals surface area contributed by atoms with Gasteiger partial charge in [0.25, 0.3) is 11.8 Å². The molecule has 0 spiro atoms. The lowest BCUT2D eigenvalue weighted by Crippen LogP contribution is -2.34. The van der Waals surface area contributed by atoms with Crippen molar-refractivity contribution in [2.45, 2.75) is 13.5 Å². The molecule has 2 N–H and O–H groups in total. The van der Waals surface area contributed by atoms with Crippen molar-refractivity contribution in [3.05, 3.63) is 81.8 Å². The number of rotatable bonds is 12. The summed E-state index contributed by atoms with van der Waals surface area (Å²) in [6, 6.07) is 18.1. The molecule has 194 valence electrons. The normalized spacial score (nSPS) is 10.6. The second kappa shape index (κ2) is 13.9. The highest BCUT2D eigenvalue weighted by Gasteiger charge is 2.13. The lowest BCUT2D eigenvalue weighted by molar-refractivity contribution is -0.120. The van der Waals surface area contributed by atoms with Gasteiger partial charge < -0.3 is 24.3 Å². The summed E-state index contributed by atoms with van der Waals surface area (Å²) in [5.41, 5.74) is 4.43. The summed E-state index contributed by atoms with van der Waals surface area (Å²) >= 11 is 3.53. The van der Waals surface area contributed by atoms with Gasteiger partial charge in [-0.3, -0.25) is 9.59 Å². The molecule has 10 heteroatoms. The van der Waals surface area contributed by atoms with Crippen LogP contribution in [0, 0.1) is 0 Å². The minimum absolute atomic E-state index is 0.259. The van der Waals surface area contributed by atoms with Gasteiger partial charge in [-0.25, -0.2) is 5.43 Å². The lowest BCUT2D eigenvalue weighted by Gasteiger charge is -2.14. The molecule has 0 heterocycles. The maximum absolute atomic E-state index is 12.4. The Kier molecular flexibility index (Phi) is 10.3. The second-order valence-electron chi connectivity index (χ2n) is 7.58. The molecule has 37 heavy (non-hydrogen) atoms. The molecule has 0 bridgehead atoms. The van der Waals surface area contributed by atoms with Crippen LogP contribution in [0.2, 0.25) is 0 Å². The minimum atomic E-state index is -0.489. The van der Waals surface area contributed by atoms with Gasteiger partial charge in [0.05, 0.1) is 38.1 Å². The smallest absolute Gasteiger partial charge is 0.259 e. The summed E-state index contributed by atoms with van der Waals surface area (Å²) in [7, 11) is 2.99. The largest absolute Gasteiger partial charge is 0.493 e. The molecule has 3 aromatic rings. The highest BCUT2D eigenvalue weighted by atomic mass is 79.9. The predicted molar refractivity (Wildman–Crippen MR) is 144 cm³/mol. The predicted octanol–water partition coefficient (Wildman–Crippen LogP) is 4.32. The molecule has 0 saturated heterocycles. The van der Waals surface area contributed by atoms with E-state index in [0.717, 1.165) is 5.56 Å². The Balaban J connectivity index is 1.57. The molecular weight excluding hydrogens is 542 g/mol. The van der Waals surface area contributed by atoms with Crippen LogP contribution in [0.4, 0.5) is 0 Å². The third-order valence-electron chi connectivity index (χ3n) is 5.02.